The number of rotatable bonds is 8. The summed E-state index contributed by atoms with van der Waals surface area (Å²) < 4.78 is 2.37. The summed E-state index contributed by atoms with van der Waals surface area (Å²) in [5.41, 5.74) is 7.92. The number of hydrogen-bond donors (Lipinski definition) is 1. The van der Waals surface area contributed by atoms with Crippen molar-refractivity contribution < 1.29 is 9.90 Å². The predicted molar refractivity (Wildman–Crippen MR) is 181 cm³/mol. The van der Waals surface area contributed by atoms with E-state index in [2.05, 4.69) is 84.8 Å². The molecule has 5 nitrogen and oxygen atoms in total. The normalized spacial score (nSPS) is 14.2. The quantitative estimate of drug-likeness (QED) is 0.191. The predicted octanol–water partition coefficient (Wildman–Crippen LogP) is 10.1. The molecule has 1 aliphatic rings. The molecular formula is C38H40ClN3O2. The van der Waals surface area contributed by atoms with Crippen LogP contribution in [0.25, 0.3) is 22.4 Å². The number of carboxylic acids is 1. The molecule has 6 heteroatoms. The smallest absolute Gasteiger partial charge is 0.335 e. The Labute approximate surface area is 265 Å². The molecule has 1 saturated carbocycles. The van der Waals surface area contributed by atoms with Gasteiger partial charge in [-0.25, -0.2) is 9.78 Å². The van der Waals surface area contributed by atoms with Crippen LogP contribution in [0, 0.1) is 0 Å². The van der Waals surface area contributed by atoms with Gasteiger partial charge in [0.2, 0.25) is 0 Å². The minimum absolute atomic E-state index is 0.0830. The Balaban J connectivity index is 1.38. The number of carbonyl (C=O) groups is 1. The van der Waals surface area contributed by atoms with Crippen molar-refractivity contribution in [1.82, 2.24) is 9.55 Å². The van der Waals surface area contributed by atoms with Gasteiger partial charge >= 0.3 is 5.97 Å². The molecule has 0 spiro atoms. The van der Waals surface area contributed by atoms with E-state index in [9.17, 15) is 9.90 Å². The first-order valence-corrected chi connectivity index (χ1v) is 16.0. The highest BCUT2D eigenvalue weighted by Gasteiger charge is 2.23. The Morgan fingerprint density at radius 2 is 1.57 bits per heavy atom. The molecule has 1 fully saturated rings. The summed E-state index contributed by atoms with van der Waals surface area (Å²) >= 11 is 6.37. The van der Waals surface area contributed by atoms with E-state index in [0.717, 1.165) is 58.1 Å². The highest BCUT2D eigenvalue weighted by Crippen LogP contribution is 2.37. The summed E-state index contributed by atoms with van der Waals surface area (Å²) in [7, 11) is 0. The van der Waals surface area contributed by atoms with Crippen molar-refractivity contribution in [1.29, 1.82) is 0 Å². The molecule has 6 rings (SSSR count). The number of aromatic nitrogens is 2. The molecule has 4 aromatic carbocycles. The molecule has 0 radical (unpaired) electrons. The number of fused-ring (bicyclic) bond motifs is 1. The Kier molecular flexibility index (Phi) is 8.50. The zero-order valence-corrected chi connectivity index (χ0v) is 26.5. The number of halogens is 1. The highest BCUT2D eigenvalue weighted by atomic mass is 35.5. The summed E-state index contributed by atoms with van der Waals surface area (Å²) in [6, 6.07) is 31.3. The summed E-state index contributed by atoms with van der Waals surface area (Å²) in [5, 5.41) is 10.4. The van der Waals surface area contributed by atoms with E-state index in [1.165, 1.54) is 30.4 Å². The third kappa shape index (κ3) is 6.53. The Bertz CT molecular complexity index is 1780. The molecule has 0 atom stereocenters. The van der Waals surface area contributed by atoms with Crippen LogP contribution in [-0.4, -0.2) is 20.6 Å². The molecule has 5 aromatic rings. The molecule has 1 heterocycles. The van der Waals surface area contributed by atoms with Crippen LogP contribution in [0.2, 0.25) is 5.02 Å². The van der Waals surface area contributed by atoms with Gasteiger partial charge in [0.15, 0.2) is 0 Å². The number of carboxylic acid groups (broad SMARTS) is 1. The second kappa shape index (κ2) is 12.5. The molecule has 0 bridgehead atoms. The van der Waals surface area contributed by atoms with Crippen LogP contribution in [0.1, 0.15) is 86.0 Å². The van der Waals surface area contributed by atoms with E-state index < -0.39 is 5.97 Å². The van der Waals surface area contributed by atoms with E-state index >= 15 is 0 Å². The first-order valence-electron chi connectivity index (χ1n) is 15.6. The molecular weight excluding hydrogens is 566 g/mol. The van der Waals surface area contributed by atoms with E-state index in [1.54, 1.807) is 12.1 Å². The van der Waals surface area contributed by atoms with Crippen molar-refractivity contribution >= 4 is 34.3 Å². The standard InChI is InChI=1S/C38H40ClN3O2/c1-38(2,3)30-16-18-32(19-17-30)41(25-27-10-8-12-31(39)22-27)24-26-9-7-11-28(21-26)36-40-34-23-29(37(43)44)15-20-35(34)42(36)33-13-5-4-6-14-33/h7-12,15-23,33H,4-6,13-14,24-25H2,1-3H3,(H,43,44). The lowest BCUT2D eigenvalue weighted by Crippen LogP contribution is -2.22. The summed E-state index contributed by atoms with van der Waals surface area (Å²) in [6.07, 6.45) is 5.87. The van der Waals surface area contributed by atoms with Gasteiger partial charge in [-0.1, -0.05) is 94.1 Å². The summed E-state index contributed by atoms with van der Waals surface area (Å²) in [5.74, 6) is -0.0230. The molecule has 1 aliphatic carbocycles. The van der Waals surface area contributed by atoms with Crippen molar-refractivity contribution in [3.05, 3.63) is 118 Å². The van der Waals surface area contributed by atoms with Crippen LogP contribution < -0.4 is 4.90 Å². The van der Waals surface area contributed by atoms with Crippen molar-refractivity contribution in [2.45, 2.75) is 77.4 Å². The molecule has 0 aliphatic heterocycles. The van der Waals surface area contributed by atoms with Gasteiger partial charge in [-0.3, -0.25) is 0 Å². The van der Waals surface area contributed by atoms with Crippen molar-refractivity contribution in [3.63, 3.8) is 0 Å². The van der Waals surface area contributed by atoms with Crippen LogP contribution in [0.3, 0.4) is 0 Å². The fourth-order valence-electron chi connectivity index (χ4n) is 6.44. The lowest BCUT2D eigenvalue weighted by Gasteiger charge is -2.27. The topological polar surface area (TPSA) is 58.4 Å². The third-order valence-corrected chi connectivity index (χ3v) is 9.03. The van der Waals surface area contributed by atoms with Gasteiger partial charge < -0.3 is 14.6 Å². The van der Waals surface area contributed by atoms with Gasteiger partial charge in [-0.05, 0) is 83.5 Å². The molecule has 1 N–H and O–H groups in total. The van der Waals surface area contributed by atoms with Crippen molar-refractivity contribution in [2.24, 2.45) is 0 Å². The minimum Gasteiger partial charge on any atom is -0.478 e. The Morgan fingerprint density at radius 3 is 2.23 bits per heavy atom. The van der Waals surface area contributed by atoms with E-state index in [1.807, 2.05) is 24.3 Å². The second-order valence-corrected chi connectivity index (χ2v) is 13.5. The average Bonchev–Trinajstić information content (AvgIpc) is 3.40. The number of hydrogen-bond acceptors (Lipinski definition) is 3. The zero-order valence-electron chi connectivity index (χ0n) is 25.8. The SMILES string of the molecule is CC(C)(C)c1ccc(N(Cc2cccc(Cl)c2)Cc2cccc(-c3nc4cc(C(=O)O)ccc4n3C3CCCCC3)c2)cc1. The number of aromatic carboxylic acids is 1. The van der Waals surface area contributed by atoms with Gasteiger partial charge in [0, 0.05) is 35.4 Å². The lowest BCUT2D eigenvalue weighted by molar-refractivity contribution is 0.0697. The van der Waals surface area contributed by atoms with Crippen LogP contribution in [0.15, 0.2) is 91.0 Å². The Hall–Kier alpha value is -4.09. The number of anilines is 1. The van der Waals surface area contributed by atoms with Crippen LogP contribution >= 0.6 is 11.6 Å². The van der Waals surface area contributed by atoms with Crippen molar-refractivity contribution in [2.75, 3.05) is 4.90 Å². The van der Waals surface area contributed by atoms with Crippen molar-refractivity contribution in [3.8, 4) is 11.4 Å². The monoisotopic (exact) mass is 605 g/mol. The number of benzene rings is 4. The van der Waals surface area contributed by atoms with Gasteiger partial charge in [-0.15, -0.1) is 0 Å². The van der Waals surface area contributed by atoms with E-state index in [4.69, 9.17) is 16.6 Å². The van der Waals surface area contributed by atoms with Gasteiger partial charge in [-0.2, -0.15) is 0 Å². The Morgan fingerprint density at radius 1 is 0.886 bits per heavy atom. The summed E-state index contributed by atoms with van der Waals surface area (Å²) in [6.45, 7) is 8.14. The minimum atomic E-state index is -0.932. The molecule has 0 amide bonds. The maximum Gasteiger partial charge on any atom is 0.335 e. The molecule has 1 aromatic heterocycles. The third-order valence-electron chi connectivity index (χ3n) is 8.80. The average molecular weight is 606 g/mol. The van der Waals surface area contributed by atoms with Crippen LogP contribution in [-0.2, 0) is 18.5 Å². The van der Waals surface area contributed by atoms with E-state index in [-0.39, 0.29) is 11.0 Å². The fraction of sp³-hybridized carbons (Fsp3) is 0.316. The first kappa shape index (κ1) is 30.0. The van der Waals surface area contributed by atoms with Crippen LogP contribution in [0.4, 0.5) is 5.69 Å². The van der Waals surface area contributed by atoms with Gasteiger partial charge in [0.1, 0.15) is 5.82 Å². The number of nitrogens with zero attached hydrogens (tertiary/aromatic N) is 3. The van der Waals surface area contributed by atoms with E-state index in [0.29, 0.717) is 12.6 Å². The molecule has 0 unspecified atom stereocenters. The first-order chi connectivity index (χ1) is 21.2. The maximum absolute atomic E-state index is 11.7. The largest absolute Gasteiger partial charge is 0.478 e. The zero-order chi connectivity index (χ0) is 30.8. The lowest BCUT2D eigenvalue weighted by atomic mass is 9.87. The molecule has 226 valence electrons. The molecule has 44 heavy (non-hydrogen) atoms. The fourth-order valence-corrected chi connectivity index (χ4v) is 6.65. The number of imidazole rings is 1. The second-order valence-electron chi connectivity index (χ2n) is 13.1. The van der Waals surface area contributed by atoms with Gasteiger partial charge in [0.25, 0.3) is 0 Å². The van der Waals surface area contributed by atoms with Gasteiger partial charge in [0.05, 0.1) is 16.6 Å². The van der Waals surface area contributed by atoms with Crippen LogP contribution in [0.5, 0.6) is 0 Å². The highest BCUT2D eigenvalue weighted by molar-refractivity contribution is 6.30. The summed E-state index contributed by atoms with van der Waals surface area (Å²) in [4.78, 5) is 19.2. The maximum atomic E-state index is 11.7. The molecule has 0 saturated heterocycles.